The highest BCUT2D eigenvalue weighted by Crippen LogP contribution is 2.54. The van der Waals surface area contributed by atoms with Gasteiger partial charge in [-0.25, -0.2) is 9.52 Å². The van der Waals surface area contributed by atoms with Crippen LogP contribution in [0.2, 0.25) is 0 Å². The lowest BCUT2D eigenvalue weighted by atomic mass is 10.1. The van der Waals surface area contributed by atoms with Crippen molar-refractivity contribution in [1.29, 1.82) is 0 Å². The topological polar surface area (TPSA) is 105 Å². The zero-order valence-electron chi connectivity index (χ0n) is 8.50. The summed E-state index contributed by atoms with van der Waals surface area (Å²) in [6.45, 7) is 0.512. The van der Waals surface area contributed by atoms with Gasteiger partial charge >= 0.3 is 5.97 Å². The molecule has 0 aromatic carbocycles. The monoisotopic (exact) mass is 285 g/mol. The highest BCUT2D eigenvalue weighted by molar-refractivity contribution is 9.16. The number of aliphatic carboxylic acids is 1. The van der Waals surface area contributed by atoms with Crippen molar-refractivity contribution in [3.05, 3.63) is 0 Å². The van der Waals surface area contributed by atoms with Gasteiger partial charge in [-0.1, -0.05) is 29.7 Å². The Morgan fingerprint density at radius 1 is 1.56 bits per heavy atom. The molecule has 0 aliphatic heterocycles. The highest BCUT2D eigenvalue weighted by Gasteiger charge is 2.24. The number of rotatable bonds is 8. The molecule has 0 aliphatic rings. The van der Waals surface area contributed by atoms with E-state index in [-0.39, 0.29) is 0 Å². The van der Waals surface area contributed by atoms with Gasteiger partial charge in [-0.05, 0) is 19.4 Å². The lowest BCUT2D eigenvalue weighted by molar-refractivity contribution is -0.139. The molecule has 0 unspecified atom stereocenters. The van der Waals surface area contributed by atoms with E-state index in [1.165, 1.54) is 6.08 Å². The summed E-state index contributed by atoms with van der Waals surface area (Å²) in [6.07, 6.45) is 3.10. The van der Waals surface area contributed by atoms with Crippen molar-refractivity contribution in [3.8, 4) is 0 Å². The second-order valence-corrected chi connectivity index (χ2v) is 8.49. The van der Waals surface area contributed by atoms with E-state index in [9.17, 15) is 9.59 Å². The molecule has 16 heavy (non-hydrogen) atoms. The molecule has 0 aromatic heterocycles. The predicted molar refractivity (Wildman–Crippen MR) is 71.1 cm³/mol. The van der Waals surface area contributed by atoms with Crippen molar-refractivity contribution < 1.29 is 14.7 Å². The number of hydrogen-bond donors (Lipinski definition) is 5. The average Bonchev–Trinajstić information content (AvgIpc) is 2.16. The number of nitrogens with zero attached hydrogens (tertiary/aromatic N) is 1. The molecule has 1 atom stereocenters. The van der Waals surface area contributed by atoms with E-state index < -0.39 is 20.5 Å². The fraction of sp³-hybridized carbons (Fsp3) is 0.714. The van der Waals surface area contributed by atoms with Crippen LogP contribution in [0.25, 0.3) is 0 Å². The molecule has 9 heteroatoms. The molecule has 0 aromatic rings. The second kappa shape index (κ2) is 7.99. The van der Waals surface area contributed by atoms with E-state index in [0.717, 1.165) is 6.42 Å². The lowest BCUT2D eigenvalue weighted by Gasteiger charge is -2.26. The number of hydrogen-bond acceptors (Lipinski definition) is 7. The maximum atomic E-state index is 10.9. The minimum absolute atomic E-state index is 0.386. The quantitative estimate of drug-likeness (QED) is 0.149. The molecule has 0 rings (SSSR count). The normalized spacial score (nSPS) is 13.9. The third kappa shape index (κ3) is 7.15. The first kappa shape index (κ1) is 15.8. The number of nitrogens with one attached hydrogen (secondary N) is 1. The molecule has 94 valence electrons. The summed E-state index contributed by atoms with van der Waals surface area (Å²) in [5, 5.41) is 8.92. The number of carbonyl (C=O) groups excluding carboxylic acids is 1. The first-order chi connectivity index (χ1) is 7.43. The Hall–Kier alpha value is -0.180. The molecular formula is C7H15N3O3S3. The Balaban J connectivity index is 4.33. The third-order valence-corrected chi connectivity index (χ3v) is 3.76. The Morgan fingerprint density at radius 2 is 2.19 bits per heavy atom. The molecule has 6 nitrogen and oxygen atoms in total. The van der Waals surface area contributed by atoms with Gasteiger partial charge in [0.15, 0.2) is 0 Å². The number of isocyanates is 1. The SMILES string of the molecule is NCCCC[C@H](NS(S)(S)N=C=O)C(=O)O. The number of carboxylic acid groups (broad SMARTS) is 1. The summed E-state index contributed by atoms with van der Waals surface area (Å²) >= 11 is 7.93. The Bertz CT molecular complexity index is 281. The number of nitrogens with two attached hydrogens (primary N) is 1. The molecule has 0 saturated heterocycles. The van der Waals surface area contributed by atoms with E-state index in [2.05, 4.69) is 32.4 Å². The number of carbonyl (C=O) groups is 1. The van der Waals surface area contributed by atoms with Crippen LogP contribution < -0.4 is 10.5 Å². The highest BCUT2D eigenvalue weighted by atomic mass is 33.5. The number of unbranched alkanes of at least 4 members (excludes halogenated alkanes) is 1. The fourth-order valence-corrected chi connectivity index (χ4v) is 2.72. The molecule has 0 heterocycles. The number of carboxylic acids is 1. The lowest BCUT2D eigenvalue weighted by Crippen LogP contribution is -2.35. The summed E-state index contributed by atoms with van der Waals surface area (Å²) in [5.41, 5.74) is 5.30. The van der Waals surface area contributed by atoms with Gasteiger partial charge in [0.25, 0.3) is 0 Å². The van der Waals surface area contributed by atoms with Gasteiger partial charge in [0.05, 0.1) is 0 Å². The standard InChI is InChI=1S/C7H15N3O3S3/c8-4-2-1-3-6(7(12)13)10-16(14,15)9-5-11/h6,10,14-15H,1-4,8H2,(H,12,13)/t6-/m0/s1. The van der Waals surface area contributed by atoms with Crippen molar-refractivity contribution in [3.63, 3.8) is 0 Å². The largest absolute Gasteiger partial charge is 0.480 e. The summed E-state index contributed by atoms with van der Waals surface area (Å²) in [5.74, 6) is -1.03. The van der Waals surface area contributed by atoms with E-state index in [0.29, 0.717) is 19.4 Å². The molecule has 0 spiro atoms. The van der Waals surface area contributed by atoms with Gasteiger partial charge in [-0.3, -0.25) is 4.79 Å². The van der Waals surface area contributed by atoms with Crippen molar-refractivity contribution in [2.24, 2.45) is 10.1 Å². The van der Waals surface area contributed by atoms with E-state index in [4.69, 9.17) is 10.8 Å². The zero-order chi connectivity index (χ0) is 12.6. The summed E-state index contributed by atoms with van der Waals surface area (Å²) in [6, 6.07) is -0.839. The van der Waals surface area contributed by atoms with E-state index in [1.807, 2.05) is 0 Å². The van der Waals surface area contributed by atoms with Crippen LogP contribution in [0.5, 0.6) is 0 Å². The van der Waals surface area contributed by atoms with Crippen LogP contribution in [0.3, 0.4) is 0 Å². The average molecular weight is 285 g/mol. The first-order valence-corrected chi connectivity index (χ1v) is 8.20. The molecule has 0 amide bonds. The van der Waals surface area contributed by atoms with E-state index in [1.54, 1.807) is 0 Å². The van der Waals surface area contributed by atoms with Crippen molar-refractivity contribution in [1.82, 2.24) is 4.72 Å². The summed E-state index contributed by atoms with van der Waals surface area (Å²) in [7, 11) is -2.38. The van der Waals surface area contributed by atoms with Crippen molar-refractivity contribution in [2.45, 2.75) is 25.3 Å². The van der Waals surface area contributed by atoms with Gasteiger partial charge in [-0.15, -0.1) is 4.40 Å². The van der Waals surface area contributed by atoms with Gasteiger partial charge in [-0.2, -0.15) is 0 Å². The summed E-state index contributed by atoms with van der Waals surface area (Å²) in [4.78, 5) is 20.9. The Morgan fingerprint density at radius 3 is 2.62 bits per heavy atom. The van der Waals surface area contributed by atoms with Crippen molar-refractivity contribution in [2.75, 3.05) is 6.54 Å². The van der Waals surface area contributed by atoms with Gasteiger partial charge in [0, 0.05) is 8.46 Å². The van der Waals surface area contributed by atoms with Crippen LogP contribution in [0.1, 0.15) is 19.3 Å². The van der Waals surface area contributed by atoms with Gasteiger partial charge in [0.2, 0.25) is 6.08 Å². The van der Waals surface area contributed by atoms with Crippen LogP contribution in [0.15, 0.2) is 4.40 Å². The minimum Gasteiger partial charge on any atom is -0.480 e. The molecule has 0 radical (unpaired) electrons. The second-order valence-electron chi connectivity index (χ2n) is 2.99. The molecule has 0 aliphatic carbocycles. The van der Waals surface area contributed by atoms with Crippen LogP contribution in [-0.4, -0.2) is 29.7 Å². The molecular weight excluding hydrogens is 270 g/mol. The number of thiol groups is 2. The van der Waals surface area contributed by atoms with Crippen LogP contribution >= 0.6 is 31.8 Å². The van der Waals surface area contributed by atoms with Crippen LogP contribution in [0.4, 0.5) is 0 Å². The smallest absolute Gasteiger partial charge is 0.321 e. The van der Waals surface area contributed by atoms with Gasteiger partial charge in [0.1, 0.15) is 6.04 Å². The zero-order valence-corrected chi connectivity index (χ0v) is 11.1. The van der Waals surface area contributed by atoms with Crippen LogP contribution in [-0.2, 0) is 9.59 Å². The Labute approximate surface area is 105 Å². The predicted octanol–water partition coefficient (Wildman–Crippen LogP) is 0.818. The summed E-state index contributed by atoms with van der Waals surface area (Å²) < 4.78 is 5.91. The minimum atomic E-state index is -2.38. The molecule has 4 N–H and O–H groups in total. The fourth-order valence-electron chi connectivity index (χ4n) is 0.995. The molecule has 0 fully saturated rings. The van der Waals surface area contributed by atoms with E-state index >= 15 is 0 Å². The van der Waals surface area contributed by atoms with Crippen LogP contribution in [0, 0.1) is 0 Å². The van der Waals surface area contributed by atoms with Crippen molar-refractivity contribution >= 4 is 43.8 Å². The molecule has 0 bridgehead atoms. The first-order valence-electron chi connectivity index (χ1n) is 4.50. The Kier molecular flexibility index (Phi) is 7.90. The maximum Gasteiger partial charge on any atom is 0.321 e. The third-order valence-electron chi connectivity index (χ3n) is 1.71. The maximum absolute atomic E-state index is 10.9. The van der Waals surface area contributed by atoms with Gasteiger partial charge < -0.3 is 10.8 Å². The molecule has 0 saturated carbocycles.